The highest BCUT2D eigenvalue weighted by Crippen LogP contribution is 2.40. The van der Waals surface area contributed by atoms with Gasteiger partial charge in [-0.15, -0.1) is 0 Å². The van der Waals surface area contributed by atoms with E-state index in [1.165, 1.54) is 0 Å². The fourth-order valence-corrected chi connectivity index (χ4v) is 7.41. The van der Waals surface area contributed by atoms with Gasteiger partial charge in [0.25, 0.3) is 0 Å². The molecule has 0 amide bonds. The first-order valence-corrected chi connectivity index (χ1v) is 16.3. The third kappa shape index (κ3) is 4.31. The molecule has 0 aliphatic heterocycles. The van der Waals surface area contributed by atoms with Crippen molar-refractivity contribution in [1.29, 1.82) is 15.8 Å². The predicted molar refractivity (Wildman–Crippen MR) is 200 cm³/mol. The number of nitrogens with zero attached hydrogens (tertiary/aromatic N) is 5. The zero-order valence-electron chi connectivity index (χ0n) is 26.7. The largest absolute Gasteiger partial charge is 0.309 e. The highest BCUT2D eigenvalue weighted by Gasteiger charge is 2.21. The summed E-state index contributed by atoms with van der Waals surface area (Å²) in [6.07, 6.45) is 0. The van der Waals surface area contributed by atoms with Crippen LogP contribution in [-0.2, 0) is 0 Å². The summed E-state index contributed by atoms with van der Waals surface area (Å²) in [6.45, 7) is 0. The molecule has 7 aromatic carbocycles. The molecule has 0 atom stereocenters. The van der Waals surface area contributed by atoms with Crippen molar-refractivity contribution in [3.63, 3.8) is 0 Å². The molecule has 9 aromatic rings. The first-order valence-electron chi connectivity index (χ1n) is 16.3. The molecule has 2 aromatic heterocycles. The van der Waals surface area contributed by atoms with Crippen LogP contribution in [-0.4, -0.2) is 9.13 Å². The number of fused-ring (bicyclic) bond motifs is 6. The molecule has 2 heterocycles. The van der Waals surface area contributed by atoms with Gasteiger partial charge in [-0.2, -0.15) is 15.8 Å². The molecule has 50 heavy (non-hydrogen) atoms. The van der Waals surface area contributed by atoms with Crippen LogP contribution < -0.4 is 0 Å². The summed E-state index contributed by atoms with van der Waals surface area (Å²) in [5, 5.41) is 34.4. The Hall–Kier alpha value is -7.39. The van der Waals surface area contributed by atoms with E-state index in [1.807, 2.05) is 60.7 Å². The summed E-state index contributed by atoms with van der Waals surface area (Å²) in [5.41, 5.74) is 11.1. The Kier molecular flexibility index (Phi) is 6.56. The SMILES string of the molecule is N#Cc1ccc2c(c1)c1ccccc1n2-c1cccc(-c2ccc(-c3ccc(C#N)c(C#N)c3-n3c4ccccc4c4ccccc43)cc2)c1. The first-order chi connectivity index (χ1) is 24.7. The third-order valence-corrected chi connectivity index (χ3v) is 9.65. The zero-order valence-corrected chi connectivity index (χ0v) is 26.7. The number of para-hydroxylation sites is 3. The van der Waals surface area contributed by atoms with Crippen molar-refractivity contribution in [1.82, 2.24) is 9.13 Å². The minimum Gasteiger partial charge on any atom is -0.309 e. The van der Waals surface area contributed by atoms with E-state index < -0.39 is 0 Å². The average molecular weight is 636 g/mol. The molecule has 0 saturated heterocycles. The van der Waals surface area contributed by atoms with Gasteiger partial charge in [0.1, 0.15) is 12.1 Å². The number of rotatable bonds is 4. The molecule has 5 nitrogen and oxygen atoms in total. The smallest absolute Gasteiger partial charge is 0.103 e. The number of hydrogen-bond acceptors (Lipinski definition) is 3. The van der Waals surface area contributed by atoms with Gasteiger partial charge in [0.2, 0.25) is 0 Å². The maximum absolute atomic E-state index is 10.5. The second-order valence-electron chi connectivity index (χ2n) is 12.3. The minimum atomic E-state index is 0.343. The molecule has 0 fully saturated rings. The molecular weight excluding hydrogens is 611 g/mol. The molecule has 0 aliphatic rings. The highest BCUT2D eigenvalue weighted by atomic mass is 15.0. The first kappa shape index (κ1) is 28.8. The van der Waals surface area contributed by atoms with Gasteiger partial charge in [0, 0.05) is 32.8 Å². The summed E-state index contributed by atoms with van der Waals surface area (Å²) in [6, 6.07) is 58.0. The molecule has 0 N–H and O–H groups in total. The van der Waals surface area contributed by atoms with Crippen LogP contribution in [0.2, 0.25) is 0 Å². The lowest BCUT2D eigenvalue weighted by atomic mass is 9.94. The Morgan fingerprint density at radius 1 is 0.400 bits per heavy atom. The Morgan fingerprint density at radius 2 is 1.00 bits per heavy atom. The van der Waals surface area contributed by atoms with E-state index >= 15 is 0 Å². The Balaban J connectivity index is 1.19. The highest BCUT2D eigenvalue weighted by molar-refractivity contribution is 6.11. The van der Waals surface area contributed by atoms with Crippen LogP contribution in [0.4, 0.5) is 0 Å². The van der Waals surface area contributed by atoms with Gasteiger partial charge in [-0.3, -0.25) is 0 Å². The van der Waals surface area contributed by atoms with Crippen molar-refractivity contribution >= 4 is 43.6 Å². The van der Waals surface area contributed by atoms with E-state index in [0.29, 0.717) is 22.4 Å². The van der Waals surface area contributed by atoms with E-state index in [9.17, 15) is 15.8 Å². The Labute approximate surface area is 287 Å². The summed E-state index contributed by atoms with van der Waals surface area (Å²) < 4.78 is 4.38. The van der Waals surface area contributed by atoms with E-state index in [1.54, 1.807) is 6.07 Å². The number of aromatic nitrogens is 2. The predicted octanol–water partition coefficient (Wildman–Crippen LogP) is 10.8. The number of hydrogen-bond donors (Lipinski definition) is 0. The molecule has 0 aliphatic carbocycles. The quantitative estimate of drug-likeness (QED) is 0.193. The topological polar surface area (TPSA) is 81.2 Å². The van der Waals surface area contributed by atoms with Gasteiger partial charge >= 0.3 is 0 Å². The minimum absolute atomic E-state index is 0.343. The van der Waals surface area contributed by atoms with Gasteiger partial charge in [0.05, 0.1) is 50.5 Å². The second kappa shape index (κ2) is 11.4. The Bertz CT molecular complexity index is 2900. The van der Waals surface area contributed by atoms with Gasteiger partial charge in [-0.25, -0.2) is 0 Å². The van der Waals surface area contributed by atoms with Gasteiger partial charge < -0.3 is 9.13 Å². The van der Waals surface area contributed by atoms with E-state index in [4.69, 9.17) is 0 Å². The van der Waals surface area contributed by atoms with Crippen LogP contribution in [0, 0.1) is 34.0 Å². The summed E-state index contributed by atoms with van der Waals surface area (Å²) in [4.78, 5) is 0. The fourth-order valence-electron chi connectivity index (χ4n) is 7.41. The molecule has 230 valence electrons. The van der Waals surface area contributed by atoms with E-state index in [0.717, 1.165) is 71.6 Å². The van der Waals surface area contributed by atoms with Crippen molar-refractivity contribution in [3.8, 4) is 51.8 Å². The van der Waals surface area contributed by atoms with Gasteiger partial charge in [0.15, 0.2) is 0 Å². The Morgan fingerprint density at radius 3 is 1.64 bits per heavy atom. The molecular formula is C45H25N5. The van der Waals surface area contributed by atoms with Crippen molar-refractivity contribution in [2.24, 2.45) is 0 Å². The molecule has 0 unspecified atom stereocenters. The summed E-state index contributed by atoms with van der Waals surface area (Å²) in [5.74, 6) is 0. The summed E-state index contributed by atoms with van der Waals surface area (Å²) in [7, 11) is 0. The molecule has 5 heteroatoms. The maximum atomic E-state index is 10.5. The van der Waals surface area contributed by atoms with Gasteiger partial charge in [-0.1, -0.05) is 97.1 Å². The monoisotopic (exact) mass is 635 g/mol. The number of benzene rings is 7. The molecule has 0 radical (unpaired) electrons. The van der Waals surface area contributed by atoms with Crippen LogP contribution in [0.25, 0.3) is 77.2 Å². The van der Waals surface area contributed by atoms with E-state index in [2.05, 4.69) is 112 Å². The lowest BCUT2D eigenvalue weighted by Gasteiger charge is -2.17. The molecule has 9 rings (SSSR count). The molecule has 0 spiro atoms. The van der Waals surface area contributed by atoms with E-state index in [-0.39, 0.29) is 0 Å². The van der Waals surface area contributed by atoms with Crippen molar-refractivity contribution < 1.29 is 0 Å². The normalized spacial score (nSPS) is 11.1. The van der Waals surface area contributed by atoms with Crippen molar-refractivity contribution in [3.05, 3.63) is 168 Å². The van der Waals surface area contributed by atoms with Crippen molar-refractivity contribution in [2.75, 3.05) is 0 Å². The lowest BCUT2D eigenvalue weighted by Crippen LogP contribution is -2.03. The van der Waals surface area contributed by atoms with Crippen LogP contribution in [0.5, 0.6) is 0 Å². The number of nitriles is 3. The van der Waals surface area contributed by atoms with Crippen LogP contribution >= 0.6 is 0 Å². The molecule has 0 bridgehead atoms. The second-order valence-corrected chi connectivity index (χ2v) is 12.3. The standard InChI is InChI=1S/C45H25N5/c46-26-29-16-23-44-39(24-29)38-12-3-4-13-41(38)49(44)34-9-7-8-32(25-34)30-17-19-31(20-18-30)35-22-21-33(27-47)40(28-48)45(35)50-42-14-5-1-10-36(42)37-11-2-6-15-43(37)50/h1-25H. The fraction of sp³-hybridized carbons (Fsp3) is 0. The molecule has 0 saturated carbocycles. The lowest BCUT2D eigenvalue weighted by molar-refractivity contribution is 1.16. The van der Waals surface area contributed by atoms with Crippen LogP contribution in [0.3, 0.4) is 0 Å². The summed E-state index contributed by atoms with van der Waals surface area (Å²) >= 11 is 0. The third-order valence-electron chi connectivity index (χ3n) is 9.65. The zero-order chi connectivity index (χ0) is 33.8. The van der Waals surface area contributed by atoms with Gasteiger partial charge in [-0.05, 0) is 71.3 Å². The van der Waals surface area contributed by atoms with Crippen LogP contribution in [0.15, 0.2) is 152 Å². The average Bonchev–Trinajstić information content (AvgIpc) is 3.70. The van der Waals surface area contributed by atoms with Crippen molar-refractivity contribution in [2.45, 2.75) is 0 Å². The maximum Gasteiger partial charge on any atom is 0.103 e. The van der Waals surface area contributed by atoms with Crippen LogP contribution in [0.1, 0.15) is 16.7 Å².